The number of pyridine rings is 1. The SMILES string of the molecule is O=C1Cc2cc(-c3c(Cl)cncc3Cl)cc(Cl)c2N1. The van der Waals surface area contributed by atoms with Gasteiger partial charge in [0.05, 0.1) is 27.2 Å². The minimum atomic E-state index is -0.0685. The minimum absolute atomic E-state index is 0.0685. The number of hydrogen-bond donors (Lipinski definition) is 1. The molecule has 0 unspecified atom stereocenters. The molecule has 2 heterocycles. The molecule has 1 aliphatic heterocycles. The number of rotatable bonds is 1. The smallest absolute Gasteiger partial charge is 0.228 e. The number of carbonyl (C=O) groups excluding carboxylic acids is 1. The third kappa shape index (κ3) is 2.18. The van der Waals surface area contributed by atoms with Crippen molar-refractivity contribution in [1.82, 2.24) is 4.98 Å². The van der Waals surface area contributed by atoms with E-state index in [4.69, 9.17) is 34.8 Å². The van der Waals surface area contributed by atoms with Gasteiger partial charge in [0.25, 0.3) is 0 Å². The van der Waals surface area contributed by atoms with E-state index in [2.05, 4.69) is 10.3 Å². The van der Waals surface area contributed by atoms with Crippen molar-refractivity contribution < 1.29 is 4.79 Å². The number of carbonyl (C=O) groups is 1. The van der Waals surface area contributed by atoms with Gasteiger partial charge in [-0.25, -0.2) is 0 Å². The highest BCUT2D eigenvalue weighted by molar-refractivity contribution is 6.39. The van der Waals surface area contributed by atoms with E-state index in [0.717, 1.165) is 11.1 Å². The van der Waals surface area contributed by atoms with Gasteiger partial charge in [0.15, 0.2) is 0 Å². The Balaban J connectivity index is 2.21. The molecular weight excluding hydrogens is 307 g/mol. The Morgan fingerprint density at radius 3 is 2.42 bits per heavy atom. The number of halogens is 3. The summed E-state index contributed by atoms with van der Waals surface area (Å²) in [4.78, 5) is 15.3. The molecule has 19 heavy (non-hydrogen) atoms. The van der Waals surface area contributed by atoms with Gasteiger partial charge < -0.3 is 5.32 Å². The van der Waals surface area contributed by atoms with E-state index >= 15 is 0 Å². The van der Waals surface area contributed by atoms with Crippen molar-refractivity contribution in [2.45, 2.75) is 6.42 Å². The molecule has 0 bridgehead atoms. The molecule has 0 saturated carbocycles. The fourth-order valence-corrected chi connectivity index (χ4v) is 3.00. The number of anilines is 1. The first-order valence-electron chi connectivity index (χ1n) is 5.48. The average molecular weight is 314 g/mol. The average Bonchev–Trinajstić information content (AvgIpc) is 2.70. The van der Waals surface area contributed by atoms with E-state index < -0.39 is 0 Å². The van der Waals surface area contributed by atoms with E-state index in [9.17, 15) is 4.79 Å². The van der Waals surface area contributed by atoms with Gasteiger partial charge in [-0.3, -0.25) is 9.78 Å². The van der Waals surface area contributed by atoms with Crippen molar-refractivity contribution in [3.05, 3.63) is 45.2 Å². The van der Waals surface area contributed by atoms with Crippen LogP contribution >= 0.6 is 34.8 Å². The number of aromatic nitrogens is 1. The second-order valence-electron chi connectivity index (χ2n) is 4.20. The van der Waals surface area contributed by atoms with Gasteiger partial charge in [0.2, 0.25) is 5.91 Å². The molecule has 1 amide bonds. The van der Waals surface area contributed by atoms with Crippen LogP contribution in [0, 0.1) is 0 Å². The Kier molecular flexibility index (Phi) is 3.13. The predicted octanol–water partition coefficient (Wildman–Crippen LogP) is 4.20. The Morgan fingerprint density at radius 2 is 1.74 bits per heavy atom. The third-order valence-corrected chi connectivity index (χ3v) is 3.80. The lowest BCUT2D eigenvalue weighted by Gasteiger charge is -2.10. The molecular formula is C13H7Cl3N2O. The quantitative estimate of drug-likeness (QED) is 0.857. The van der Waals surface area contributed by atoms with E-state index in [0.29, 0.717) is 32.7 Å². The van der Waals surface area contributed by atoms with Crippen LogP contribution in [-0.2, 0) is 11.2 Å². The summed E-state index contributed by atoms with van der Waals surface area (Å²) in [6, 6.07) is 3.60. The maximum Gasteiger partial charge on any atom is 0.228 e. The Labute approximate surface area is 124 Å². The Hall–Kier alpha value is -1.29. The molecule has 1 aromatic carbocycles. The normalized spacial score (nSPS) is 13.3. The molecule has 96 valence electrons. The number of hydrogen-bond acceptors (Lipinski definition) is 2. The van der Waals surface area contributed by atoms with Gasteiger partial charge >= 0.3 is 0 Å². The minimum Gasteiger partial charge on any atom is -0.324 e. The summed E-state index contributed by atoms with van der Waals surface area (Å²) in [5.74, 6) is -0.0685. The van der Waals surface area contributed by atoms with Crippen molar-refractivity contribution in [1.29, 1.82) is 0 Å². The van der Waals surface area contributed by atoms with Crippen molar-refractivity contribution in [3.63, 3.8) is 0 Å². The topological polar surface area (TPSA) is 42.0 Å². The zero-order valence-corrected chi connectivity index (χ0v) is 11.8. The number of benzene rings is 1. The van der Waals surface area contributed by atoms with Gasteiger partial charge in [0.1, 0.15) is 0 Å². The zero-order chi connectivity index (χ0) is 13.6. The number of amides is 1. The number of fused-ring (bicyclic) bond motifs is 1. The highest BCUT2D eigenvalue weighted by Crippen LogP contribution is 2.40. The van der Waals surface area contributed by atoms with Gasteiger partial charge in [0, 0.05) is 18.0 Å². The van der Waals surface area contributed by atoms with Crippen molar-refractivity contribution in [3.8, 4) is 11.1 Å². The molecule has 0 fully saturated rings. The van der Waals surface area contributed by atoms with Crippen LogP contribution in [0.4, 0.5) is 5.69 Å². The second kappa shape index (κ2) is 4.67. The molecule has 1 aromatic heterocycles. The molecule has 0 atom stereocenters. The molecule has 0 aliphatic carbocycles. The first-order valence-corrected chi connectivity index (χ1v) is 6.61. The molecule has 3 rings (SSSR count). The molecule has 2 aromatic rings. The molecule has 3 nitrogen and oxygen atoms in total. The van der Waals surface area contributed by atoms with Crippen LogP contribution < -0.4 is 5.32 Å². The predicted molar refractivity (Wildman–Crippen MR) is 77.0 cm³/mol. The van der Waals surface area contributed by atoms with Gasteiger partial charge in [-0.2, -0.15) is 0 Å². The summed E-state index contributed by atoms with van der Waals surface area (Å²) < 4.78 is 0. The maximum atomic E-state index is 11.4. The van der Waals surface area contributed by atoms with Crippen LogP contribution in [0.1, 0.15) is 5.56 Å². The lowest BCUT2D eigenvalue weighted by atomic mass is 10.0. The van der Waals surface area contributed by atoms with E-state index in [1.54, 1.807) is 6.07 Å². The molecule has 1 N–H and O–H groups in total. The van der Waals surface area contributed by atoms with E-state index in [-0.39, 0.29) is 5.91 Å². The fraction of sp³-hybridized carbons (Fsp3) is 0.0769. The highest BCUT2D eigenvalue weighted by Gasteiger charge is 2.22. The third-order valence-electron chi connectivity index (χ3n) is 2.93. The Bertz CT molecular complexity index is 680. The number of nitrogens with zero attached hydrogens (tertiary/aromatic N) is 1. The van der Waals surface area contributed by atoms with Crippen LogP contribution in [0.2, 0.25) is 15.1 Å². The van der Waals surface area contributed by atoms with Crippen LogP contribution in [0.3, 0.4) is 0 Å². The van der Waals surface area contributed by atoms with Crippen LogP contribution in [-0.4, -0.2) is 10.9 Å². The first kappa shape index (κ1) is 12.7. The molecule has 0 radical (unpaired) electrons. The van der Waals surface area contributed by atoms with Gasteiger partial charge in [-0.05, 0) is 23.3 Å². The standard InChI is InChI=1S/C13H7Cl3N2O/c14-8-2-6(1-7-3-11(19)18-13(7)8)12-9(15)4-17-5-10(12)16/h1-2,4-5H,3H2,(H,18,19). The van der Waals surface area contributed by atoms with Gasteiger partial charge in [-0.1, -0.05) is 34.8 Å². The largest absolute Gasteiger partial charge is 0.324 e. The van der Waals surface area contributed by atoms with Crippen molar-refractivity contribution in [2.24, 2.45) is 0 Å². The van der Waals surface area contributed by atoms with Crippen molar-refractivity contribution >= 4 is 46.4 Å². The lowest BCUT2D eigenvalue weighted by molar-refractivity contribution is -0.115. The summed E-state index contributed by atoms with van der Waals surface area (Å²) in [6.07, 6.45) is 3.35. The molecule has 6 heteroatoms. The second-order valence-corrected chi connectivity index (χ2v) is 5.42. The lowest BCUT2D eigenvalue weighted by Crippen LogP contribution is -2.03. The summed E-state index contributed by atoms with van der Waals surface area (Å²) in [5.41, 5.74) is 2.95. The summed E-state index contributed by atoms with van der Waals surface area (Å²) >= 11 is 18.4. The molecule has 0 saturated heterocycles. The number of nitrogens with one attached hydrogen (secondary N) is 1. The maximum absolute atomic E-state index is 11.4. The van der Waals surface area contributed by atoms with E-state index in [1.807, 2.05) is 6.07 Å². The first-order chi connectivity index (χ1) is 9.06. The van der Waals surface area contributed by atoms with Crippen molar-refractivity contribution in [2.75, 3.05) is 5.32 Å². The highest BCUT2D eigenvalue weighted by atomic mass is 35.5. The summed E-state index contributed by atoms with van der Waals surface area (Å²) in [5, 5.41) is 4.09. The van der Waals surface area contributed by atoms with E-state index in [1.165, 1.54) is 12.4 Å². The zero-order valence-electron chi connectivity index (χ0n) is 9.51. The summed E-state index contributed by atoms with van der Waals surface area (Å²) in [6.45, 7) is 0. The fourth-order valence-electron chi connectivity index (χ4n) is 2.13. The summed E-state index contributed by atoms with van der Waals surface area (Å²) in [7, 11) is 0. The van der Waals surface area contributed by atoms with Crippen LogP contribution in [0.15, 0.2) is 24.5 Å². The monoisotopic (exact) mass is 312 g/mol. The van der Waals surface area contributed by atoms with Crippen LogP contribution in [0.5, 0.6) is 0 Å². The molecule has 1 aliphatic rings. The van der Waals surface area contributed by atoms with Gasteiger partial charge in [-0.15, -0.1) is 0 Å². The Morgan fingerprint density at radius 1 is 1.05 bits per heavy atom. The van der Waals surface area contributed by atoms with Crippen LogP contribution in [0.25, 0.3) is 11.1 Å². The molecule has 0 spiro atoms.